The fourth-order valence-corrected chi connectivity index (χ4v) is 2.70. The van der Waals surface area contributed by atoms with Crippen LogP contribution in [0.5, 0.6) is 17.2 Å². The molecule has 0 radical (unpaired) electrons. The van der Waals surface area contributed by atoms with E-state index in [1.807, 2.05) is 18.2 Å². The van der Waals surface area contributed by atoms with Gasteiger partial charge in [-0.05, 0) is 48.4 Å². The summed E-state index contributed by atoms with van der Waals surface area (Å²) in [6.07, 6.45) is 3.93. The maximum absolute atomic E-state index is 12.3. The highest BCUT2D eigenvalue weighted by molar-refractivity contribution is 6.06. The van der Waals surface area contributed by atoms with Crippen LogP contribution in [0.3, 0.4) is 0 Å². The molecule has 0 spiro atoms. The predicted octanol–water partition coefficient (Wildman–Crippen LogP) is 2.73. The number of benzene rings is 2. The van der Waals surface area contributed by atoms with Gasteiger partial charge in [0, 0.05) is 5.56 Å². The fraction of sp³-hybridized carbons (Fsp3) is 0.158. The third-order valence-corrected chi connectivity index (χ3v) is 3.96. The lowest BCUT2D eigenvalue weighted by Crippen LogP contribution is -2.25. The molecule has 0 bridgehead atoms. The minimum atomic E-state index is -0.226. The van der Waals surface area contributed by atoms with E-state index in [9.17, 15) is 9.59 Å². The average molecular weight is 337 g/mol. The van der Waals surface area contributed by atoms with Crippen LogP contribution in [0.25, 0.3) is 0 Å². The molecule has 2 aliphatic heterocycles. The molecule has 2 aliphatic rings. The second-order valence-electron chi connectivity index (χ2n) is 5.71. The van der Waals surface area contributed by atoms with Gasteiger partial charge in [-0.1, -0.05) is 12.1 Å². The van der Waals surface area contributed by atoms with Crippen molar-refractivity contribution in [3.05, 3.63) is 59.7 Å². The Balaban J connectivity index is 1.44. The normalized spacial score (nSPS) is 14.8. The van der Waals surface area contributed by atoms with Crippen LogP contribution >= 0.6 is 0 Å². The van der Waals surface area contributed by atoms with Gasteiger partial charge in [0.2, 0.25) is 6.79 Å². The number of carbonyl (C=O) groups excluding carboxylic acids is 2. The first kappa shape index (κ1) is 15.3. The van der Waals surface area contributed by atoms with E-state index in [2.05, 4.69) is 5.32 Å². The lowest BCUT2D eigenvalue weighted by Gasteiger charge is -2.17. The summed E-state index contributed by atoms with van der Waals surface area (Å²) in [5.74, 6) is 1.67. The van der Waals surface area contributed by atoms with Gasteiger partial charge in [0.15, 0.2) is 23.9 Å². The van der Waals surface area contributed by atoms with E-state index < -0.39 is 0 Å². The van der Waals surface area contributed by atoms with E-state index in [0.29, 0.717) is 23.4 Å². The largest absolute Gasteiger partial charge is 0.482 e. The van der Waals surface area contributed by atoms with Gasteiger partial charge in [0.25, 0.3) is 5.91 Å². The number of carbonyl (C=O) groups is 2. The topological polar surface area (TPSA) is 73.9 Å². The molecule has 0 saturated heterocycles. The van der Waals surface area contributed by atoms with Gasteiger partial charge in [0.05, 0.1) is 5.69 Å². The number of amides is 1. The SMILES string of the molecule is O=C1COc2ccc(C(=O)C=CCc3ccc4c(c3)OCO4)cc2N1. The van der Waals surface area contributed by atoms with Crippen molar-refractivity contribution in [3.63, 3.8) is 0 Å². The number of ketones is 1. The van der Waals surface area contributed by atoms with E-state index in [-0.39, 0.29) is 25.1 Å². The second-order valence-corrected chi connectivity index (χ2v) is 5.71. The minimum absolute atomic E-state index is 0.00424. The lowest BCUT2D eigenvalue weighted by molar-refractivity contribution is -0.118. The predicted molar refractivity (Wildman–Crippen MR) is 90.3 cm³/mol. The highest BCUT2D eigenvalue weighted by Crippen LogP contribution is 2.32. The summed E-state index contributed by atoms with van der Waals surface area (Å²) < 4.78 is 15.9. The highest BCUT2D eigenvalue weighted by atomic mass is 16.7. The van der Waals surface area contributed by atoms with Crippen molar-refractivity contribution < 1.29 is 23.8 Å². The summed E-state index contributed by atoms with van der Waals surface area (Å²) in [6.45, 7) is 0.238. The molecule has 6 nitrogen and oxygen atoms in total. The van der Waals surface area contributed by atoms with Crippen LogP contribution < -0.4 is 19.5 Å². The Labute approximate surface area is 144 Å². The van der Waals surface area contributed by atoms with Gasteiger partial charge in [-0.2, -0.15) is 0 Å². The van der Waals surface area contributed by atoms with Gasteiger partial charge >= 0.3 is 0 Å². The maximum atomic E-state index is 12.3. The molecule has 0 aliphatic carbocycles. The molecule has 0 atom stereocenters. The number of hydrogen-bond donors (Lipinski definition) is 1. The van der Waals surface area contributed by atoms with E-state index in [1.54, 1.807) is 24.3 Å². The number of nitrogens with one attached hydrogen (secondary N) is 1. The molecule has 0 unspecified atom stereocenters. The zero-order valence-corrected chi connectivity index (χ0v) is 13.3. The molecular formula is C19H15NO5. The van der Waals surface area contributed by atoms with Crippen LogP contribution in [0, 0.1) is 0 Å². The molecule has 2 aromatic carbocycles. The van der Waals surface area contributed by atoms with Crippen LogP contribution in [-0.4, -0.2) is 25.1 Å². The van der Waals surface area contributed by atoms with Crippen molar-refractivity contribution in [2.24, 2.45) is 0 Å². The van der Waals surface area contributed by atoms with E-state index >= 15 is 0 Å². The average Bonchev–Trinajstić information content (AvgIpc) is 3.08. The van der Waals surface area contributed by atoms with Crippen LogP contribution in [0.2, 0.25) is 0 Å². The Morgan fingerprint density at radius 2 is 1.88 bits per heavy atom. The Morgan fingerprint density at radius 1 is 1.04 bits per heavy atom. The number of fused-ring (bicyclic) bond motifs is 2. The lowest BCUT2D eigenvalue weighted by atomic mass is 10.1. The molecule has 126 valence electrons. The summed E-state index contributed by atoms with van der Waals surface area (Å²) in [6, 6.07) is 10.7. The fourth-order valence-electron chi connectivity index (χ4n) is 2.70. The van der Waals surface area contributed by atoms with Crippen molar-refractivity contribution in [2.75, 3.05) is 18.7 Å². The van der Waals surface area contributed by atoms with E-state index in [0.717, 1.165) is 17.1 Å². The molecule has 1 amide bonds. The number of hydrogen-bond acceptors (Lipinski definition) is 5. The molecule has 2 aromatic rings. The zero-order valence-electron chi connectivity index (χ0n) is 13.3. The second kappa shape index (κ2) is 6.32. The molecule has 0 fully saturated rings. The molecular weight excluding hydrogens is 322 g/mol. The van der Waals surface area contributed by atoms with Crippen LogP contribution in [0.4, 0.5) is 5.69 Å². The quantitative estimate of drug-likeness (QED) is 0.686. The molecule has 6 heteroatoms. The number of ether oxygens (including phenoxy) is 3. The Morgan fingerprint density at radius 3 is 2.80 bits per heavy atom. The smallest absolute Gasteiger partial charge is 0.262 e. The maximum Gasteiger partial charge on any atom is 0.262 e. The van der Waals surface area contributed by atoms with Crippen molar-refractivity contribution in [3.8, 4) is 17.2 Å². The van der Waals surface area contributed by atoms with Gasteiger partial charge < -0.3 is 19.5 Å². The minimum Gasteiger partial charge on any atom is -0.482 e. The summed E-state index contributed by atoms with van der Waals surface area (Å²) in [5, 5.41) is 2.69. The van der Waals surface area contributed by atoms with Crippen molar-refractivity contribution in [1.82, 2.24) is 0 Å². The molecule has 1 N–H and O–H groups in total. The molecule has 4 rings (SSSR count). The highest BCUT2D eigenvalue weighted by Gasteiger charge is 2.17. The molecule has 25 heavy (non-hydrogen) atoms. The number of allylic oxidation sites excluding steroid dienone is 2. The van der Waals surface area contributed by atoms with Crippen molar-refractivity contribution in [2.45, 2.75) is 6.42 Å². The molecule has 0 aromatic heterocycles. The van der Waals surface area contributed by atoms with Crippen LogP contribution in [0.1, 0.15) is 15.9 Å². The molecule has 0 saturated carbocycles. The Hall–Kier alpha value is -3.28. The first-order valence-corrected chi connectivity index (χ1v) is 7.85. The van der Waals surface area contributed by atoms with Gasteiger partial charge in [-0.25, -0.2) is 0 Å². The number of rotatable bonds is 4. The van der Waals surface area contributed by atoms with Gasteiger partial charge in [0.1, 0.15) is 5.75 Å². The molecule has 2 heterocycles. The standard InChI is InChI=1S/C19H15NO5/c21-15(13-5-7-16-14(9-13)20-19(22)10-23-16)3-1-2-12-4-6-17-18(8-12)25-11-24-17/h1,3-9H,2,10-11H2,(H,20,22). The van der Waals surface area contributed by atoms with Crippen LogP contribution in [-0.2, 0) is 11.2 Å². The van der Waals surface area contributed by atoms with E-state index in [4.69, 9.17) is 14.2 Å². The zero-order chi connectivity index (χ0) is 17.2. The summed E-state index contributed by atoms with van der Waals surface area (Å²) in [5.41, 5.74) is 2.04. The summed E-state index contributed by atoms with van der Waals surface area (Å²) >= 11 is 0. The summed E-state index contributed by atoms with van der Waals surface area (Å²) in [4.78, 5) is 23.7. The van der Waals surface area contributed by atoms with E-state index in [1.165, 1.54) is 6.08 Å². The van der Waals surface area contributed by atoms with Crippen molar-refractivity contribution in [1.29, 1.82) is 0 Å². The first-order chi connectivity index (χ1) is 12.2. The first-order valence-electron chi connectivity index (χ1n) is 7.85. The van der Waals surface area contributed by atoms with Crippen molar-refractivity contribution >= 4 is 17.4 Å². The third kappa shape index (κ3) is 3.19. The Bertz CT molecular complexity index is 887. The summed E-state index contributed by atoms with van der Waals surface area (Å²) in [7, 11) is 0. The van der Waals surface area contributed by atoms with Crippen LogP contribution in [0.15, 0.2) is 48.6 Å². The third-order valence-electron chi connectivity index (χ3n) is 3.96. The van der Waals surface area contributed by atoms with Gasteiger partial charge in [-0.3, -0.25) is 9.59 Å². The monoisotopic (exact) mass is 337 g/mol. The Kier molecular flexibility index (Phi) is 3.85. The van der Waals surface area contributed by atoms with Gasteiger partial charge in [-0.15, -0.1) is 0 Å². The number of anilines is 1.